The maximum atomic E-state index is 13.3. The van der Waals surface area contributed by atoms with Crippen LogP contribution in [0.4, 0.5) is 14.6 Å². The number of nitrogen functional groups attached to an aromatic ring is 1. The summed E-state index contributed by atoms with van der Waals surface area (Å²) in [7, 11) is 0. The monoisotopic (exact) mass is 374 g/mol. The summed E-state index contributed by atoms with van der Waals surface area (Å²) in [5.41, 5.74) is 7.20. The van der Waals surface area contributed by atoms with Gasteiger partial charge in [0.25, 0.3) is 5.89 Å². The van der Waals surface area contributed by atoms with Gasteiger partial charge in [-0.3, -0.25) is 0 Å². The Kier molecular flexibility index (Phi) is 3.85. The zero-order chi connectivity index (χ0) is 18.3. The van der Waals surface area contributed by atoms with E-state index in [2.05, 4.69) is 20.5 Å². The number of hydrogen-bond acceptors (Lipinski definition) is 6. The highest BCUT2D eigenvalue weighted by atomic mass is 35.5. The Morgan fingerprint density at radius 2 is 1.85 bits per heavy atom. The van der Waals surface area contributed by atoms with Crippen LogP contribution in [0.15, 0.2) is 47.0 Å². The van der Waals surface area contributed by atoms with Gasteiger partial charge in [0, 0.05) is 5.56 Å². The van der Waals surface area contributed by atoms with Crippen LogP contribution in [0, 0.1) is 11.6 Å². The molecule has 2 aromatic heterocycles. The lowest BCUT2D eigenvalue weighted by molar-refractivity contribution is 0.431. The highest BCUT2D eigenvalue weighted by Gasteiger charge is 2.20. The van der Waals surface area contributed by atoms with Crippen molar-refractivity contribution in [3.8, 4) is 28.7 Å². The lowest BCUT2D eigenvalue weighted by Gasteiger charge is -2.03. The fourth-order valence-corrected chi connectivity index (χ4v) is 2.46. The minimum absolute atomic E-state index is 0.0429. The summed E-state index contributed by atoms with van der Waals surface area (Å²) >= 11 is 5.78. The molecule has 0 unspecified atom stereocenters. The Morgan fingerprint density at radius 3 is 2.58 bits per heavy atom. The Labute approximate surface area is 150 Å². The van der Waals surface area contributed by atoms with Crippen molar-refractivity contribution in [2.75, 3.05) is 5.73 Å². The van der Waals surface area contributed by atoms with Crippen LogP contribution in [0.25, 0.3) is 28.7 Å². The van der Waals surface area contributed by atoms with Crippen LogP contribution in [-0.2, 0) is 0 Å². The molecule has 0 spiro atoms. The summed E-state index contributed by atoms with van der Waals surface area (Å²) in [6, 6.07) is 9.62. The van der Waals surface area contributed by atoms with Gasteiger partial charge in [0.15, 0.2) is 11.5 Å². The molecule has 26 heavy (non-hydrogen) atoms. The van der Waals surface area contributed by atoms with E-state index in [1.54, 1.807) is 0 Å². The molecule has 2 aromatic carbocycles. The second-order valence-electron chi connectivity index (χ2n) is 5.26. The van der Waals surface area contributed by atoms with Crippen LogP contribution >= 0.6 is 11.6 Å². The Hall–Kier alpha value is -3.33. The van der Waals surface area contributed by atoms with Gasteiger partial charge in [-0.05, 0) is 42.5 Å². The summed E-state index contributed by atoms with van der Waals surface area (Å²) in [6.45, 7) is 0. The van der Waals surface area contributed by atoms with E-state index in [-0.39, 0.29) is 34.1 Å². The van der Waals surface area contributed by atoms with Crippen LogP contribution in [0.2, 0.25) is 5.02 Å². The average molecular weight is 375 g/mol. The van der Waals surface area contributed by atoms with Crippen LogP contribution < -0.4 is 5.73 Å². The third kappa shape index (κ3) is 2.78. The molecule has 0 radical (unpaired) electrons. The Balaban J connectivity index is 1.70. The molecule has 10 heteroatoms. The van der Waals surface area contributed by atoms with Crippen molar-refractivity contribution < 1.29 is 13.3 Å². The van der Waals surface area contributed by atoms with E-state index >= 15 is 0 Å². The van der Waals surface area contributed by atoms with E-state index in [4.69, 9.17) is 21.9 Å². The molecule has 0 fully saturated rings. The van der Waals surface area contributed by atoms with Gasteiger partial charge in [-0.1, -0.05) is 22.0 Å². The van der Waals surface area contributed by atoms with E-state index in [9.17, 15) is 8.78 Å². The zero-order valence-corrected chi connectivity index (χ0v) is 13.7. The van der Waals surface area contributed by atoms with Crippen molar-refractivity contribution in [3.63, 3.8) is 0 Å². The van der Waals surface area contributed by atoms with Crippen LogP contribution in [0.3, 0.4) is 0 Å². The maximum absolute atomic E-state index is 13.3. The Morgan fingerprint density at radius 1 is 1.08 bits per heavy atom. The number of halogens is 3. The first kappa shape index (κ1) is 16.2. The second-order valence-corrected chi connectivity index (χ2v) is 5.67. The van der Waals surface area contributed by atoms with Crippen LogP contribution in [-0.4, -0.2) is 25.1 Å². The fraction of sp³-hybridized carbons (Fsp3) is 0. The number of nitrogens with two attached hydrogens (primary N) is 1. The number of hydrogen-bond donors (Lipinski definition) is 1. The molecular formula is C16H9ClF2N6O. The number of benzene rings is 2. The van der Waals surface area contributed by atoms with Gasteiger partial charge in [-0.2, -0.15) is 9.67 Å². The molecule has 0 bridgehead atoms. The van der Waals surface area contributed by atoms with Crippen molar-refractivity contribution in [1.29, 1.82) is 0 Å². The highest BCUT2D eigenvalue weighted by molar-refractivity contribution is 6.30. The molecule has 0 aliphatic rings. The third-order valence-electron chi connectivity index (χ3n) is 3.58. The zero-order valence-electron chi connectivity index (χ0n) is 12.9. The van der Waals surface area contributed by atoms with E-state index in [0.29, 0.717) is 11.3 Å². The molecule has 4 rings (SSSR count). The summed E-state index contributed by atoms with van der Waals surface area (Å²) in [5.74, 6) is -0.528. The molecule has 2 heterocycles. The quantitative estimate of drug-likeness (QED) is 0.589. The van der Waals surface area contributed by atoms with Gasteiger partial charge in [0.2, 0.25) is 5.82 Å². The first-order valence-corrected chi connectivity index (χ1v) is 7.67. The second kappa shape index (κ2) is 6.19. The van der Waals surface area contributed by atoms with Crippen molar-refractivity contribution >= 4 is 17.4 Å². The number of rotatable bonds is 3. The topological polar surface area (TPSA) is 95.7 Å². The number of nitrogens with zero attached hydrogens (tertiary/aromatic N) is 5. The third-order valence-corrected chi connectivity index (χ3v) is 3.87. The molecule has 0 aliphatic heterocycles. The van der Waals surface area contributed by atoms with Crippen molar-refractivity contribution in [3.05, 3.63) is 59.1 Å². The molecule has 2 N–H and O–H groups in total. The van der Waals surface area contributed by atoms with E-state index in [0.717, 1.165) is 0 Å². The summed E-state index contributed by atoms with van der Waals surface area (Å²) in [4.78, 5) is 4.20. The minimum Gasteiger partial charge on any atom is -0.382 e. The molecule has 0 saturated carbocycles. The molecule has 7 nitrogen and oxygen atoms in total. The first-order valence-electron chi connectivity index (χ1n) is 7.29. The Bertz CT molecular complexity index is 1090. The predicted octanol–water partition coefficient (Wildman–Crippen LogP) is 3.50. The van der Waals surface area contributed by atoms with Crippen molar-refractivity contribution in [2.45, 2.75) is 0 Å². The molecule has 0 atom stereocenters. The van der Waals surface area contributed by atoms with Gasteiger partial charge >= 0.3 is 0 Å². The molecule has 0 amide bonds. The van der Waals surface area contributed by atoms with E-state index in [1.165, 1.54) is 47.1 Å². The van der Waals surface area contributed by atoms with Gasteiger partial charge in [-0.15, -0.1) is 5.10 Å². The molecule has 4 aromatic rings. The smallest absolute Gasteiger partial charge is 0.282 e. The van der Waals surface area contributed by atoms with Crippen LogP contribution in [0.1, 0.15) is 0 Å². The molecular weight excluding hydrogens is 366 g/mol. The minimum atomic E-state index is -0.560. The highest BCUT2D eigenvalue weighted by Crippen LogP contribution is 2.27. The number of aromatic nitrogens is 5. The molecule has 0 saturated heterocycles. The lowest BCUT2D eigenvalue weighted by atomic mass is 10.2. The van der Waals surface area contributed by atoms with Crippen LogP contribution in [0.5, 0.6) is 0 Å². The summed E-state index contributed by atoms with van der Waals surface area (Å²) in [5, 5.41) is 11.6. The molecule has 0 aliphatic carbocycles. The molecule has 130 valence electrons. The first-order chi connectivity index (χ1) is 12.5. The number of anilines is 1. The van der Waals surface area contributed by atoms with E-state index in [1.807, 2.05) is 0 Å². The average Bonchev–Trinajstić information content (AvgIpc) is 3.25. The summed E-state index contributed by atoms with van der Waals surface area (Å²) < 4.78 is 32.8. The normalized spacial score (nSPS) is 11.0. The fourth-order valence-electron chi connectivity index (χ4n) is 2.28. The SMILES string of the molecule is Nc1c(-c2nc(-c3ccc(F)cc3)no2)nnn1-c1ccc(F)c(Cl)c1. The lowest BCUT2D eigenvalue weighted by Crippen LogP contribution is -2.02. The van der Waals surface area contributed by atoms with Gasteiger partial charge in [-0.25, -0.2) is 8.78 Å². The van der Waals surface area contributed by atoms with E-state index < -0.39 is 5.82 Å². The van der Waals surface area contributed by atoms with Gasteiger partial charge in [0.05, 0.1) is 10.7 Å². The predicted molar refractivity (Wildman–Crippen MR) is 89.4 cm³/mol. The van der Waals surface area contributed by atoms with Gasteiger partial charge in [0.1, 0.15) is 11.6 Å². The standard InChI is InChI=1S/C16H9ClF2N6O/c17-11-7-10(5-6-12(11)19)25-14(20)13(22-24-25)16-21-15(23-26-16)8-1-3-9(18)4-2-8/h1-7H,20H2. The largest absolute Gasteiger partial charge is 0.382 e. The van der Waals surface area contributed by atoms with Gasteiger partial charge < -0.3 is 10.3 Å². The summed E-state index contributed by atoms with van der Waals surface area (Å²) in [6.07, 6.45) is 0. The van der Waals surface area contributed by atoms with Crippen molar-refractivity contribution in [1.82, 2.24) is 25.1 Å². The maximum Gasteiger partial charge on any atom is 0.282 e. The van der Waals surface area contributed by atoms with Crippen molar-refractivity contribution in [2.24, 2.45) is 0 Å².